The first-order valence-electron chi connectivity index (χ1n) is 8.31. The van der Waals surface area contributed by atoms with Crippen LogP contribution in [0.4, 0.5) is 10.7 Å². The van der Waals surface area contributed by atoms with Crippen LogP contribution in [0, 0.1) is 0 Å². The summed E-state index contributed by atoms with van der Waals surface area (Å²) in [4.78, 5) is 33.4. The first-order chi connectivity index (χ1) is 13.5. The van der Waals surface area contributed by atoms with E-state index in [1.54, 1.807) is 22.8 Å². The van der Waals surface area contributed by atoms with Gasteiger partial charge in [0.2, 0.25) is 5.95 Å². The normalized spacial score (nSPS) is 10.5. The van der Waals surface area contributed by atoms with Gasteiger partial charge in [0, 0.05) is 5.56 Å². The molecule has 0 aliphatic carbocycles. The van der Waals surface area contributed by atoms with Crippen LogP contribution in [-0.4, -0.2) is 30.8 Å². The molecule has 4 N–H and O–H groups in total. The molecule has 0 amide bonds. The molecule has 4 rings (SSSR count). The number of imidazole rings is 1. The van der Waals surface area contributed by atoms with Gasteiger partial charge in [-0.3, -0.25) is 9.78 Å². The Labute approximate surface area is 170 Å². The van der Waals surface area contributed by atoms with E-state index in [0.29, 0.717) is 17.8 Å². The molecule has 0 spiro atoms. The maximum absolute atomic E-state index is 11.9. The fourth-order valence-corrected chi connectivity index (χ4v) is 2.96. The van der Waals surface area contributed by atoms with Crippen molar-refractivity contribution in [1.82, 2.24) is 19.5 Å². The molecular weight excluding hydrogens is 398 g/mol. The lowest BCUT2D eigenvalue weighted by molar-refractivity contribution is 0.144. The summed E-state index contributed by atoms with van der Waals surface area (Å²) in [6, 6.07) is 14.4. The number of carboxylic acid groups (broad SMARTS) is 1. The average molecular weight is 414 g/mol. The Hall–Kier alpha value is -3.85. The second-order valence-electron chi connectivity index (χ2n) is 6.06. The van der Waals surface area contributed by atoms with Crippen molar-refractivity contribution in [3.63, 3.8) is 0 Å². The van der Waals surface area contributed by atoms with Crippen LogP contribution in [0.1, 0.15) is 5.56 Å². The van der Waals surface area contributed by atoms with E-state index in [1.165, 1.54) is 6.33 Å². The highest BCUT2D eigenvalue weighted by molar-refractivity contribution is 5.85. The highest BCUT2D eigenvalue weighted by Crippen LogP contribution is 2.30. The molecule has 0 aliphatic heterocycles. The topological polar surface area (TPSA) is 136 Å². The minimum atomic E-state index is -1.36. The first kappa shape index (κ1) is 19.9. The van der Waals surface area contributed by atoms with Crippen LogP contribution in [0.5, 0.6) is 5.75 Å². The van der Waals surface area contributed by atoms with E-state index in [-0.39, 0.29) is 35.2 Å². The highest BCUT2D eigenvalue weighted by Gasteiger charge is 2.11. The molecule has 4 aromatic rings. The molecule has 0 fully saturated rings. The standard InChI is InChI=1S/C19H15N5O4.ClH/c20-18-22-16-15(17(25)23-18)21-10-24(16)9-11-5-7-12(8-6-11)13-3-1-2-4-14(13)28-19(26)27;/h1-8,10H,9H2,(H,26,27)(H3,20,22,23,25);1H. The Morgan fingerprint density at radius 3 is 2.62 bits per heavy atom. The van der Waals surface area contributed by atoms with Crippen molar-refractivity contribution < 1.29 is 14.6 Å². The minimum Gasteiger partial charge on any atom is -0.449 e. The van der Waals surface area contributed by atoms with Gasteiger partial charge in [-0.05, 0) is 17.2 Å². The van der Waals surface area contributed by atoms with Gasteiger partial charge in [0.15, 0.2) is 11.2 Å². The van der Waals surface area contributed by atoms with Gasteiger partial charge < -0.3 is 20.1 Å². The molecule has 29 heavy (non-hydrogen) atoms. The molecule has 0 bridgehead atoms. The number of nitrogens with one attached hydrogen (secondary N) is 1. The predicted molar refractivity (Wildman–Crippen MR) is 109 cm³/mol. The summed E-state index contributed by atoms with van der Waals surface area (Å²) in [7, 11) is 0. The summed E-state index contributed by atoms with van der Waals surface area (Å²) in [6.45, 7) is 0.444. The van der Waals surface area contributed by atoms with Gasteiger partial charge in [0.25, 0.3) is 5.56 Å². The third kappa shape index (κ3) is 4.04. The lowest BCUT2D eigenvalue weighted by Crippen LogP contribution is -2.12. The SMILES string of the molecule is Cl.Nc1nc2c(ncn2Cc2ccc(-c3ccccc3OC(=O)O)cc2)c(=O)[nH]1. The maximum Gasteiger partial charge on any atom is 0.511 e. The number of fused-ring (bicyclic) bond motifs is 1. The number of nitrogen functional groups attached to an aromatic ring is 1. The number of hydrogen-bond acceptors (Lipinski definition) is 6. The number of nitrogens with zero attached hydrogens (tertiary/aromatic N) is 3. The molecule has 2 aromatic carbocycles. The maximum atomic E-state index is 11.9. The lowest BCUT2D eigenvalue weighted by Gasteiger charge is -2.09. The van der Waals surface area contributed by atoms with Crippen LogP contribution in [0.15, 0.2) is 59.7 Å². The van der Waals surface area contributed by atoms with E-state index in [4.69, 9.17) is 15.6 Å². The zero-order chi connectivity index (χ0) is 19.7. The van der Waals surface area contributed by atoms with Crippen molar-refractivity contribution in [1.29, 1.82) is 0 Å². The smallest absolute Gasteiger partial charge is 0.449 e. The van der Waals surface area contributed by atoms with E-state index in [0.717, 1.165) is 11.1 Å². The summed E-state index contributed by atoms with van der Waals surface area (Å²) in [6.07, 6.45) is 0.175. The molecule has 9 nitrogen and oxygen atoms in total. The second kappa shape index (κ2) is 8.03. The number of para-hydroxylation sites is 1. The van der Waals surface area contributed by atoms with Crippen molar-refractivity contribution in [2.45, 2.75) is 6.54 Å². The van der Waals surface area contributed by atoms with Gasteiger partial charge in [-0.1, -0.05) is 42.5 Å². The van der Waals surface area contributed by atoms with Crippen molar-refractivity contribution in [3.8, 4) is 16.9 Å². The number of nitrogens with two attached hydrogens (primary N) is 1. The van der Waals surface area contributed by atoms with Crippen LogP contribution in [0.2, 0.25) is 0 Å². The quantitative estimate of drug-likeness (QED) is 0.345. The molecule has 0 saturated carbocycles. The predicted octanol–water partition coefficient (Wildman–Crippen LogP) is 2.90. The molecule has 0 unspecified atom stereocenters. The monoisotopic (exact) mass is 413 g/mol. The molecule has 0 saturated heterocycles. The zero-order valence-corrected chi connectivity index (χ0v) is 15.7. The van der Waals surface area contributed by atoms with Crippen LogP contribution >= 0.6 is 12.4 Å². The summed E-state index contributed by atoms with van der Waals surface area (Å²) in [5.74, 6) is 0.298. The molecule has 0 aliphatic rings. The number of rotatable bonds is 4. The van der Waals surface area contributed by atoms with Gasteiger partial charge in [-0.15, -0.1) is 12.4 Å². The Morgan fingerprint density at radius 1 is 1.17 bits per heavy atom. The van der Waals surface area contributed by atoms with Gasteiger partial charge in [-0.25, -0.2) is 9.78 Å². The number of aromatic nitrogens is 4. The Bertz CT molecular complexity index is 1230. The Balaban J connectivity index is 0.00000240. The van der Waals surface area contributed by atoms with Gasteiger partial charge in [0.05, 0.1) is 12.9 Å². The fraction of sp³-hybridized carbons (Fsp3) is 0.0526. The van der Waals surface area contributed by atoms with Crippen LogP contribution < -0.4 is 16.0 Å². The third-order valence-corrected chi connectivity index (χ3v) is 4.20. The van der Waals surface area contributed by atoms with E-state index in [2.05, 4.69) is 15.0 Å². The first-order valence-corrected chi connectivity index (χ1v) is 8.31. The molecule has 10 heteroatoms. The van der Waals surface area contributed by atoms with Crippen LogP contribution in [-0.2, 0) is 6.54 Å². The highest BCUT2D eigenvalue weighted by atomic mass is 35.5. The molecule has 0 atom stereocenters. The van der Waals surface area contributed by atoms with Gasteiger partial charge >= 0.3 is 6.16 Å². The number of ether oxygens (including phenoxy) is 1. The third-order valence-electron chi connectivity index (χ3n) is 4.20. The van der Waals surface area contributed by atoms with Crippen molar-refractivity contribution in [3.05, 3.63) is 70.8 Å². The minimum absolute atomic E-state index is 0. The molecular formula is C19H16ClN5O4. The Kier molecular flexibility index (Phi) is 5.51. The van der Waals surface area contributed by atoms with E-state index in [1.807, 2.05) is 30.3 Å². The largest absolute Gasteiger partial charge is 0.511 e. The summed E-state index contributed by atoms with van der Waals surface area (Å²) in [5.41, 5.74) is 8.30. The van der Waals surface area contributed by atoms with Gasteiger partial charge in [0.1, 0.15) is 5.75 Å². The van der Waals surface area contributed by atoms with Crippen LogP contribution in [0.3, 0.4) is 0 Å². The van der Waals surface area contributed by atoms with Crippen LogP contribution in [0.25, 0.3) is 22.3 Å². The Morgan fingerprint density at radius 2 is 1.90 bits per heavy atom. The summed E-state index contributed by atoms with van der Waals surface area (Å²) >= 11 is 0. The molecule has 0 radical (unpaired) electrons. The fourth-order valence-electron chi connectivity index (χ4n) is 2.96. The number of carbonyl (C=O) groups is 1. The van der Waals surface area contributed by atoms with E-state index >= 15 is 0 Å². The van der Waals surface area contributed by atoms with E-state index in [9.17, 15) is 9.59 Å². The average Bonchev–Trinajstić information content (AvgIpc) is 3.05. The van der Waals surface area contributed by atoms with Gasteiger partial charge in [-0.2, -0.15) is 4.98 Å². The number of aromatic amines is 1. The second-order valence-corrected chi connectivity index (χ2v) is 6.06. The number of anilines is 1. The number of benzene rings is 2. The van der Waals surface area contributed by atoms with Crippen molar-refractivity contribution in [2.24, 2.45) is 0 Å². The number of halogens is 1. The van der Waals surface area contributed by atoms with E-state index < -0.39 is 6.16 Å². The van der Waals surface area contributed by atoms with Crippen molar-refractivity contribution >= 4 is 35.7 Å². The molecule has 148 valence electrons. The lowest BCUT2D eigenvalue weighted by atomic mass is 10.0. The molecule has 2 heterocycles. The van der Waals surface area contributed by atoms with Crippen molar-refractivity contribution in [2.75, 3.05) is 5.73 Å². The summed E-state index contributed by atoms with van der Waals surface area (Å²) in [5, 5.41) is 8.88. The number of H-pyrrole nitrogens is 1. The number of hydrogen-bond donors (Lipinski definition) is 3. The zero-order valence-electron chi connectivity index (χ0n) is 14.9. The molecule has 2 aromatic heterocycles. The summed E-state index contributed by atoms with van der Waals surface area (Å²) < 4.78 is 6.57.